The molecule has 0 radical (unpaired) electrons. The standard InChI is InChI=1S/C19H25ClO6/c20-14-6-3-11(8-12(14)7-10-1-4-13(22)5-2-10)19-18(25)17(24)16(23)15(9-21)26-19/h1,3-4,6,10-11,15-19,21,23-25H,2,5,7-9H2. The SMILES string of the molecule is O=C1C=CC(CC2=C(Cl)C=CC(C3OC(CO)C(O)C(O)C3O)C2)CC1. The van der Waals surface area contributed by atoms with Gasteiger partial charge in [-0.05, 0) is 37.3 Å². The normalized spacial score (nSPS) is 41.0. The summed E-state index contributed by atoms with van der Waals surface area (Å²) in [6, 6.07) is 0. The number of allylic oxidation sites excluding steroid dienone is 5. The molecule has 3 rings (SSSR count). The smallest absolute Gasteiger partial charge is 0.155 e. The van der Waals surface area contributed by atoms with Gasteiger partial charge in [0.15, 0.2) is 5.78 Å². The van der Waals surface area contributed by atoms with Crippen molar-refractivity contribution < 1.29 is 30.0 Å². The highest BCUT2D eigenvalue weighted by Gasteiger charge is 2.46. The first kappa shape index (κ1) is 19.7. The second-order valence-corrected chi connectivity index (χ2v) is 7.71. The molecule has 0 saturated carbocycles. The summed E-state index contributed by atoms with van der Waals surface area (Å²) >= 11 is 6.35. The van der Waals surface area contributed by atoms with E-state index in [0.717, 1.165) is 18.4 Å². The number of ketones is 1. The van der Waals surface area contributed by atoms with Crippen molar-refractivity contribution in [2.24, 2.45) is 11.8 Å². The van der Waals surface area contributed by atoms with Gasteiger partial charge in [0.2, 0.25) is 0 Å². The molecule has 3 aliphatic rings. The maximum Gasteiger partial charge on any atom is 0.155 e. The van der Waals surface area contributed by atoms with Gasteiger partial charge in [0.25, 0.3) is 0 Å². The van der Waals surface area contributed by atoms with Crippen molar-refractivity contribution in [1.29, 1.82) is 0 Å². The number of carbonyl (C=O) groups is 1. The van der Waals surface area contributed by atoms with Crippen LogP contribution in [0.3, 0.4) is 0 Å². The molecular formula is C19H25ClO6. The minimum absolute atomic E-state index is 0.143. The first-order valence-electron chi connectivity index (χ1n) is 8.98. The molecule has 0 aromatic rings. The van der Waals surface area contributed by atoms with E-state index in [1.165, 1.54) is 0 Å². The molecule has 7 atom stereocenters. The molecule has 2 aliphatic carbocycles. The molecule has 1 heterocycles. The van der Waals surface area contributed by atoms with E-state index < -0.39 is 37.1 Å². The summed E-state index contributed by atoms with van der Waals surface area (Å²) in [5, 5.41) is 40.3. The van der Waals surface area contributed by atoms with Gasteiger partial charge in [-0.25, -0.2) is 0 Å². The molecule has 1 saturated heterocycles. The van der Waals surface area contributed by atoms with Crippen LogP contribution < -0.4 is 0 Å². The molecule has 0 aromatic carbocycles. The van der Waals surface area contributed by atoms with Crippen molar-refractivity contribution in [2.75, 3.05) is 6.61 Å². The number of hydrogen-bond donors (Lipinski definition) is 4. The number of carbonyl (C=O) groups excluding carboxylic acids is 1. The van der Waals surface area contributed by atoms with E-state index in [-0.39, 0.29) is 17.6 Å². The van der Waals surface area contributed by atoms with Gasteiger partial charge in [-0.1, -0.05) is 29.3 Å². The van der Waals surface area contributed by atoms with Crippen LogP contribution in [-0.4, -0.2) is 63.3 Å². The molecule has 7 unspecified atom stereocenters. The van der Waals surface area contributed by atoms with Crippen LogP contribution in [0.2, 0.25) is 0 Å². The van der Waals surface area contributed by atoms with E-state index >= 15 is 0 Å². The maximum atomic E-state index is 11.3. The Morgan fingerprint density at radius 1 is 1.12 bits per heavy atom. The van der Waals surface area contributed by atoms with E-state index in [4.69, 9.17) is 16.3 Å². The average Bonchev–Trinajstić information content (AvgIpc) is 2.64. The monoisotopic (exact) mass is 384 g/mol. The second-order valence-electron chi connectivity index (χ2n) is 7.30. The van der Waals surface area contributed by atoms with Crippen molar-refractivity contribution in [1.82, 2.24) is 0 Å². The lowest BCUT2D eigenvalue weighted by molar-refractivity contribution is -0.237. The zero-order valence-corrected chi connectivity index (χ0v) is 15.1. The average molecular weight is 385 g/mol. The zero-order chi connectivity index (χ0) is 18.8. The predicted molar refractivity (Wildman–Crippen MR) is 95.4 cm³/mol. The van der Waals surface area contributed by atoms with Gasteiger partial charge >= 0.3 is 0 Å². The molecule has 0 spiro atoms. The summed E-state index contributed by atoms with van der Waals surface area (Å²) in [6.45, 7) is -0.442. The fourth-order valence-electron chi connectivity index (χ4n) is 3.90. The molecule has 4 N–H and O–H groups in total. The third-order valence-electron chi connectivity index (χ3n) is 5.49. The van der Waals surface area contributed by atoms with E-state index in [2.05, 4.69) is 0 Å². The molecule has 0 bridgehead atoms. The first-order chi connectivity index (χ1) is 12.4. The quantitative estimate of drug-likeness (QED) is 0.571. The number of halogens is 1. The van der Waals surface area contributed by atoms with Crippen LogP contribution in [0.15, 0.2) is 34.9 Å². The van der Waals surface area contributed by atoms with Crippen LogP contribution in [-0.2, 0) is 9.53 Å². The Hall–Kier alpha value is -1.02. The van der Waals surface area contributed by atoms with Crippen molar-refractivity contribution >= 4 is 17.4 Å². The number of rotatable bonds is 4. The largest absolute Gasteiger partial charge is 0.394 e. The molecule has 6 nitrogen and oxygen atoms in total. The van der Waals surface area contributed by atoms with Crippen molar-refractivity contribution in [3.63, 3.8) is 0 Å². The third-order valence-corrected chi connectivity index (χ3v) is 5.88. The van der Waals surface area contributed by atoms with Crippen molar-refractivity contribution in [3.05, 3.63) is 34.9 Å². The summed E-state index contributed by atoms with van der Waals surface area (Å²) in [5.74, 6) is 0.162. The summed E-state index contributed by atoms with van der Waals surface area (Å²) in [7, 11) is 0. The summed E-state index contributed by atoms with van der Waals surface area (Å²) < 4.78 is 5.67. The van der Waals surface area contributed by atoms with Gasteiger partial charge < -0.3 is 25.2 Å². The van der Waals surface area contributed by atoms with Gasteiger partial charge in [-0.3, -0.25) is 4.79 Å². The van der Waals surface area contributed by atoms with Crippen LogP contribution >= 0.6 is 11.6 Å². The Kier molecular flexibility index (Phi) is 6.33. The lowest BCUT2D eigenvalue weighted by Gasteiger charge is -2.43. The van der Waals surface area contributed by atoms with E-state index in [1.807, 2.05) is 12.2 Å². The van der Waals surface area contributed by atoms with Crippen LogP contribution in [0.4, 0.5) is 0 Å². The molecule has 7 heteroatoms. The molecular weight excluding hydrogens is 360 g/mol. The molecule has 144 valence electrons. The predicted octanol–water partition coefficient (Wildman–Crippen LogP) is 0.823. The Morgan fingerprint density at radius 3 is 2.54 bits per heavy atom. The van der Waals surface area contributed by atoms with Gasteiger partial charge in [-0.2, -0.15) is 0 Å². The van der Waals surface area contributed by atoms with Gasteiger partial charge in [0, 0.05) is 17.4 Å². The third kappa shape index (κ3) is 4.11. The molecule has 1 fully saturated rings. The van der Waals surface area contributed by atoms with Crippen LogP contribution in [0.5, 0.6) is 0 Å². The van der Waals surface area contributed by atoms with Gasteiger partial charge in [0.05, 0.1) is 12.7 Å². The lowest BCUT2D eigenvalue weighted by Crippen LogP contribution is -2.60. The van der Waals surface area contributed by atoms with E-state index in [0.29, 0.717) is 17.9 Å². The maximum absolute atomic E-state index is 11.3. The van der Waals surface area contributed by atoms with Crippen molar-refractivity contribution in [2.45, 2.75) is 56.2 Å². The summed E-state index contributed by atoms with van der Waals surface area (Å²) in [6.07, 6.45) is 4.09. The minimum Gasteiger partial charge on any atom is -0.394 e. The Morgan fingerprint density at radius 2 is 1.88 bits per heavy atom. The first-order valence-corrected chi connectivity index (χ1v) is 9.35. The highest BCUT2D eigenvalue weighted by Crippen LogP contribution is 2.37. The van der Waals surface area contributed by atoms with E-state index in [1.54, 1.807) is 12.2 Å². The zero-order valence-electron chi connectivity index (χ0n) is 14.4. The lowest BCUT2D eigenvalue weighted by atomic mass is 9.79. The van der Waals surface area contributed by atoms with Crippen LogP contribution in [0.25, 0.3) is 0 Å². The number of aliphatic hydroxyl groups is 4. The second kappa shape index (κ2) is 8.33. The number of ether oxygens (including phenoxy) is 1. The summed E-state index contributed by atoms with van der Waals surface area (Å²) in [4.78, 5) is 11.3. The molecule has 0 amide bonds. The Labute approximate surface area is 157 Å². The summed E-state index contributed by atoms with van der Waals surface area (Å²) in [5.41, 5.74) is 1.01. The highest BCUT2D eigenvalue weighted by atomic mass is 35.5. The topological polar surface area (TPSA) is 107 Å². The van der Waals surface area contributed by atoms with Gasteiger partial charge in [0.1, 0.15) is 24.4 Å². The van der Waals surface area contributed by atoms with Crippen molar-refractivity contribution in [3.8, 4) is 0 Å². The van der Waals surface area contributed by atoms with Crippen LogP contribution in [0, 0.1) is 11.8 Å². The van der Waals surface area contributed by atoms with E-state index in [9.17, 15) is 25.2 Å². The number of aliphatic hydroxyl groups excluding tert-OH is 4. The fraction of sp³-hybridized carbons (Fsp3) is 0.632. The minimum atomic E-state index is -1.38. The number of hydrogen-bond acceptors (Lipinski definition) is 6. The molecule has 26 heavy (non-hydrogen) atoms. The van der Waals surface area contributed by atoms with Crippen LogP contribution in [0.1, 0.15) is 25.7 Å². The highest BCUT2D eigenvalue weighted by molar-refractivity contribution is 6.31. The Balaban J connectivity index is 1.70. The van der Waals surface area contributed by atoms with Gasteiger partial charge in [-0.15, -0.1) is 0 Å². The fourth-order valence-corrected chi connectivity index (χ4v) is 4.13. The Bertz CT molecular complexity index is 626. The molecule has 0 aromatic heterocycles. The molecule has 1 aliphatic heterocycles.